The van der Waals surface area contributed by atoms with E-state index in [0.717, 1.165) is 37.6 Å². The summed E-state index contributed by atoms with van der Waals surface area (Å²) in [6.45, 7) is 7.93. The van der Waals surface area contributed by atoms with Crippen molar-refractivity contribution in [3.05, 3.63) is 51.4 Å². The molecule has 0 aliphatic carbocycles. The molecule has 0 bridgehead atoms. The molecule has 2 aliphatic heterocycles. The quantitative estimate of drug-likeness (QED) is 0.821. The van der Waals surface area contributed by atoms with Gasteiger partial charge in [0.15, 0.2) is 5.76 Å². The van der Waals surface area contributed by atoms with Gasteiger partial charge in [0.05, 0.1) is 18.7 Å². The molecule has 2 aliphatic rings. The summed E-state index contributed by atoms with van der Waals surface area (Å²) in [6, 6.07) is 6.98. The van der Waals surface area contributed by atoms with Gasteiger partial charge in [-0.25, -0.2) is 0 Å². The molecule has 2 aromatic rings. The van der Waals surface area contributed by atoms with Crippen molar-refractivity contribution >= 4 is 23.2 Å². The van der Waals surface area contributed by atoms with Gasteiger partial charge in [-0.2, -0.15) is 0 Å². The van der Waals surface area contributed by atoms with Gasteiger partial charge < -0.3 is 14.7 Å². The summed E-state index contributed by atoms with van der Waals surface area (Å²) in [5.41, 5.74) is 1.14. The molecule has 0 radical (unpaired) electrons. The van der Waals surface area contributed by atoms with E-state index in [-0.39, 0.29) is 11.5 Å². The number of allylic oxidation sites excluding steroid dienone is 1. The highest BCUT2D eigenvalue weighted by Crippen LogP contribution is 2.38. The summed E-state index contributed by atoms with van der Waals surface area (Å²) >= 11 is 1.55. The van der Waals surface area contributed by atoms with E-state index >= 15 is 0 Å². The van der Waals surface area contributed by atoms with Crippen LogP contribution in [0.1, 0.15) is 27.7 Å². The molecule has 1 aromatic heterocycles. The molecule has 0 atom stereocenters. The smallest absolute Gasteiger partial charge is 0.232 e. The number of hydrogen-bond donors (Lipinski definition) is 1. The summed E-state index contributed by atoms with van der Waals surface area (Å²) < 4.78 is 5.88. The molecule has 1 N–H and O–H groups in total. The second kappa shape index (κ2) is 7.23. The Kier molecular flexibility index (Phi) is 4.80. The topological polar surface area (TPSA) is 57.0 Å². The lowest BCUT2D eigenvalue weighted by molar-refractivity contribution is -0.918. The SMILES string of the molecule is CCN1CC[NH+](Cc2c([O-])ccc3c2O/C(=C\c2cccs2)C3=O)CC1. The van der Waals surface area contributed by atoms with Crippen LogP contribution in [-0.4, -0.2) is 43.4 Å². The number of quaternary nitrogens is 1. The minimum Gasteiger partial charge on any atom is -0.872 e. The Morgan fingerprint density at radius 3 is 2.81 bits per heavy atom. The van der Waals surface area contributed by atoms with Crippen LogP contribution in [0.25, 0.3) is 6.08 Å². The Morgan fingerprint density at radius 1 is 1.31 bits per heavy atom. The van der Waals surface area contributed by atoms with Crippen LogP contribution in [-0.2, 0) is 6.54 Å². The Labute approximate surface area is 157 Å². The number of ether oxygens (including phenoxy) is 1. The lowest BCUT2D eigenvalue weighted by Gasteiger charge is -2.32. The van der Waals surface area contributed by atoms with Gasteiger partial charge in [-0.15, -0.1) is 11.3 Å². The monoisotopic (exact) mass is 370 g/mol. The van der Waals surface area contributed by atoms with Crippen LogP contribution in [0, 0.1) is 0 Å². The van der Waals surface area contributed by atoms with Crippen molar-refractivity contribution in [1.82, 2.24) is 4.90 Å². The van der Waals surface area contributed by atoms with E-state index in [9.17, 15) is 9.90 Å². The molecule has 6 heteroatoms. The lowest BCUT2D eigenvalue weighted by Crippen LogP contribution is -3.13. The third-order valence-corrected chi connectivity index (χ3v) is 5.97. The van der Waals surface area contributed by atoms with Crippen LogP contribution < -0.4 is 14.7 Å². The third kappa shape index (κ3) is 3.28. The van der Waals surface area contributed by atoms with Crippen molar-refractivity contribution < 1.29 is 19.5 Å². The van der Waals surface area contributed by atoms with Crippen LogP contribution in [0.5, 0.6) is 11.5 Å². The summed E-state index contributed by atoms with van der Waals surface area (Å²) in [6.07, 6.45) is 1.76. The third-order valence-electron chi connectivity index (χ3n) is 5.15. The summed E-state index contributed by atoms with van der Waals surface area (Å²) in [5.74, 6) is 0.593. The summed E-state index contributed by atoms with van der Waals surface area (Å²) in [5, 5.41) is 14.4. The highest BCUT2D eigenvalue weighted by Gasteiger charge is 2.31. The van der Waals surface area contributed by atoms with Crippen molar-refractivity contribution in [2.24, 2.45) is 0 Å². The highest BCUT2D eigenvalue weighted by molar-refractivity contribution is 7.10. The van der Waals surface area contributed by atoms with Crippen LogP contribution in [0.2, 0.25) is 0 Å². The van der Waals surface area contributed by atoms with Gasteiger partial charge in [-0.3, -0.25) is 9.69 Å². The molecule has 1 aromatic carbocycles. The van der Waals surface area contributed by atoms with Gasteiger partial charge in [0, 0.05) is 29.6 Å². The zero-order chi connectivity index (χ0) is 18.1. The second-order valence-electron chi connectivity index (χ2n) is 6.74. The Bertz CT molecular complexity index is 837. The minimum atomic E-state index is -0.138. The number of benzene rings is 1. The largest absolute Gasteiger partial charge is 0.872 e. The van der Waals surface area contributed by atoms with E-state index in [1.54, 1.807) is 23.5 Å². The van der Waals surface area contributed by atoms with E-state index in [1.165, 1.54) is 11.0 Å². The van der Waals surface area contributed by atoms with E-state index in [4.69, 9.17) is 4.74 Å². The normalized spacial score (nSPS) is 19.7. The number of rotatable bonds is 4. The molecule has 1 saturated heterocycles. The highest BCUT2D eigenvalue weighted by atomic mass is 32.1. The predicted molar refractivity (Wildman–Crippen MR) is 99.7 cm³/mol. The predicted octanol–water partition coefficient (Wildman–Crippen LogP) is 1.16. The molecule has 26 heavy (non-hydrogen) atoms. The summed E-state index contributed by atoms with van der Waals surface area (Å²) in [7, 11) is 0. The molecular formula is C20H22N2O3S. The number of likely N-dealkylation sites (N-methyl/N-ethyl adjacent to an activating group) is 1. The fourth-order valence-corrected chi connectivity index (χ4v) is 4.22. The van der Waals surface area contributed by atoms with Gasteiger partial charge in [0.1, 0.15) is 12.3 Å². The van der Waals surface area contributed by atoms with Gasteiger partial charge in [-0.05, 0) is 24.1 Å². The number of nitrogens with one attached hydrogen (secondary N) is 1. The standard InChI is InChI=1S/C20H22N2O3S/c1-2-21-7-9-22(10-8-21)13-16-17(23)6-5-15-19(24)18(25-20(15)16)12-14-4-3-11-26-14/h3-6,11-12,23H,2,7-10,13H2,1H3/b18-12-. The first-order valence-electron chi connectivity index (χ1n) is 9.02. The zero-order valence-electron chi connectivity index (χ0n) is 14.8. The number of fused-ring (bicyclic) bond motifs is 1. The fraction of sp³-hybridized carbons (Fsp3) is 0.350. The summed E-state index contributed by atoms with van der Waals surface area (Å²) in [4.78, 5) is 17.4. The van der Waals surface area contributed by atoms with Crippen molar-refractivity contribution in [1.29, 1.82) is 0 Å². The maximum Gasteiger partial charge on any atom is 0.232 e. The molecule has 0 saturated carbocycles. The molecule has 4 rings (SSSR count). The number of piperazine rings is 1. The number of carbonyl (C=O) groups is 1. The van der Waals surface area contributed by atoms with Crippen LogP contribution in [0.4, 0.5) is 0 Å². The molecule has 0 amide bonds. The average Bonchev–Trinajstić information content (AvgIpc) is 3.27. The number of thiophene rings is 1. The number of ketones is 1. The van der Waals surface area contributed by atoms with E-state index in [2.05, 4.69) is 11.8 Å². The van der Waals surface area contributed by atoms with Gasteiger partial charge in [0.2, 0.25) is 5.78 Å². The first kappa shape index (κ1) is 17.3. The number of nitrogens with zero attached hydrogens (tertiary/aromatic N) is 1. The number of carbonyl (C=O) groups excluding carboxylic acids is 1. The van der Waals surface area contributed by atoms with Crippen LogP contribution in [0.3, 0.4) is 0 Å². The van der Waals surface area contributed by atoms with Crippen molar-refractivity contribution in [2.45, 2.75) is 13.5 Å². The Hall–Kier alpha value is -2.15. The van der Waals surface area contributed by atoms with E-state index < -0.39 is 0 Å². The fourth-order valence-electron chi connectivity index (χ4n) is 3.57. The van der Waals surface area contributed by atoms with Gasteiger partial charge >= 0.3 is 0 Å². The molecule has 136 valence electrons. The van der Waals surface area contributed by atoms with Gasteiger partial charge in [0.25, 0.3) is 0 Å². The molecular weight excluding hydrogens is 348 g/mol. The van der Waals surface area contributed by atoms with Crippen LogP contribution >= 0.6 is 11.3 Å². The lowest BCUT2D eigenvalue weighted by atomic mass is 10.0. The average molecular weight is 370 g/mol. The first-order chi connectivity index (χ1) is 12.7. The van der Waals surface area contributed by atoms with Gasteiger partial charge in [-0.1, -0.05) is 24.8 Å². The van der Waals surface area contributed by atoms with Crippen molar-refractivity contribution in [3.63, 3.8) is 0 Å². The van der Waals surface area contributed by atoms with E-state index in [0.29, 0.717) is 29.2 Å². The number of Topliss-reactive ketones (excluding diaryl/α,β-unsaturated/α-hetero) is 1. The Balaban J connectivity index is 1.58. The van der Waals surface area contributed by atoms with Crippen LogP contribution in [0.15, 0.2) is 35.4 Å². The zero-order valence-corrected chi connectivity index (χ0v) is 15.6. The molecule has 0 spiro atoms. The molecule has 1 fully saturated rings. The number of hydrogen-bond acceptors (Lipinski definition) is 5. The molecule has 3 heterocycles. The molecule has 0 unspecified atom stereocenters. The Morgan fingerprint density at radius 2 is 2.12 bits per heavy atom. The van der Waals surface area contributed by atoms with Crippen molar-refractivity contribution in [3.8, 4) is 11.5 Å². The maximum atomic E-state index is 12.7. The maximum absolute atomic E-state index is 12.7. The first-order valence-corrected chi connectivity index (χ1v) is 9.90. The molecule has 5 nitrogen and oxygen atoms in total. The second-order valence-corrected chi connectivity index (χ2v) is 7.71. The van der Waals surface area contributed by atoms with E-state index in [1.807, 2.05) is 17.5 Å². The van der Waals surface area contributed by atoms with Crippen molar-refractivity contribution in [2.75, 3.05) is 32.7 Å². The minimum absolute atomic E-state index is 0.0423.